The number of amides is 1. The van der Waals surface area contributed by atoms with Crippen molar-refractivity contribution in [2.24, 2.45) is 0 Å². The van der Waals surface area contributed by atoms with Gasteiger partial charge in [0.05, 0.1) is 10.4 Å². The lowest BCUT2D eigenvalue weighted by atomic mass is 9.93. The molecule has 20 heavy (non-hydrogen) atoms. The Hall–Kier alpha value is -1.40. The van der Waals surface area contributed by atoms with Crippen LogP contribution in [0.15, 0.2) is 29.2 Å². The molecule has 2 N–H and O–H groups in total. The van der Waals surface area contributed by atoms with E-state index in [-0.39, 0.29) is 10.8 Å². The Morgan fingerprint density at radius 3 is 2.75 bits per heavy atom. The van der Waals surface area contributed by atoms with Crippen LogP contribution < -0.4 is 10.6 Å². The highest BCUT2D eigenvalue weighted by molar-refractivity contribution is 7.90. The predicted molar refractivity (Wildman–Crippen MR) is 78.4 cm³/mol. The summed E-state index contributed by atoms with van der Waals surface area (Å²) in [6, 6.07) is 6.34. The summed E-state index contributed by atoms with van der Waals surface area (Å²) in [5.41, 5.74) is -0.0133. The average Bonchev–Trinajstić information content (AvgIpc) is 2.88. The van der Waals surface area contributed by atoms with Crippen LogP contribution in [0.3, 0.4) is 0 Å². The molecule has 0 spiro atoms. The number of hydrogen-bond donors (Lipinski definition) is 2. The van der Waals surface area contributed by atoms with Crippen LogP contribution >= 0.6 is 0 Å². The van der Waals surface area contributed by atoms with Gasteiger partial charge in [0.1, 0.15) is 0 Å². The summed E-state index contributed by atoms with van der Waals surface area (Å²) in [4.78, 5) is 12.6. The van der Waals surface area contributed by atoms with E-state index in [9.17, 15) is 13.2 Å². The van der Waals surface area contributed by atoms with Crippen molar-refractivity contribution in [3.8, 4) is 0 Å². The summed E-state index contributed by atoms with van der Waals surface area (Å²) in [5, 5.41) is 6.08. The Morgan fingerprint density at radius 1 is 1.45 bits per heavy atom. The number of benzene rings is 1. The van der Waals surface area contributed by atoms with Gasteiger partial charge in [-0.15, -0.1) is 0 Å². The van der Waals surface area contributed by atoms with Gasteiger partial charge >= 0.3 is 0 Å². The van der Waals surface area contributed by atoms with Gasteiger partial charge in [-0.25, -0.2) is 8.42 Å². The summed E-state index contributed by atoms with van der Waals surface area (Å²) < 4.78 is 23.0. The van der Waals surface area contributed by atoms with E-state index in [1.807, 2.05) is 6.92 Å². The zero-order valence-electron chi connectivity index (χ0n) is 11.8. The number of hydrogen-bond acceptors (Lipinski definition) is 4. The lowest BCUT2D eigenvalue weighted by Crippen LogP contribution is -2.50. The maximum Gasteiger partial charge on any atom is 0.244 e. The van der Waals surface area contributed by atoms with E-state index in [1.54, 1.807) is 12.1 Å². The molecule has 0 aliphatic carbocycles. The summed E-state index contributed by atoms with van der Waals surface area (Å²) >= 11 is 0. The molecule has 1 heterocycles. The van der Waals surface area contributed by atoms with E-state index in [0.29, 0.717) is 12.1 Å². The lowest BCUT2D eigenvalue weighted by Gasteiger charge is -2.26. The van der Waals surface area contributed by atoms with Crippen LogP contribution in [0.25, 0.3) is 0 Å². The van der Waals surface area contributed by atoms with E-state index in [2.05, 4.69) is 10.6 Å². The molecule has 0 aromatic heterocycles. The van der Waals surface area contributed by atoms with Crippen LogP contribution in [-0.2, 0) is 14.6 Å². The maximum absolute atomic E-state index is 12.4. The van der Waals surface area contributed by atoms with E-state index in [0.717, 1.165) is 25.6 Å². The minimum Gasteiger partial charge on any atom is -0.324 e. The normalized spacial score (nSPS) is 22.7. The van der Waals surface area contributed by atoms with Crippen molar-refractivity contribution in [1.29, 1.82) is 0 Å². The molecule has 1 aromatic rings. The molecule has 1 aliphatic rings. The van der Waals surface area contributed by atoms with Gasteiger partial charge < -0.3 is 10.6 Å². The molecule has 1 unspecified atom stereocenters. The topological polar surface area (TPSA) is 75.3 Å². The molecule has 1 fully saturated rings. The second-order valence-electron chi connectivity index (χ2n) is 5.22. The minimum absolute atomic E-state index is 0.0943. The molecule has 2 rings (SSSR count). The van der Waals surface area contributed by atoms with Crippen molar-refractivity contribution in [2.75, 3.05) is 18.1 Å². The summed E-state index contributed by atoms with van der Waals surface area (Å²) in [6.07, 6.45) is 3.65. The van der Waals surface area contributed by atoms with Crippen LogP contribution in [0.1, 0.15) is 26.2 Å². The third-order valence-electron chi connectivity index (χ3n) is 3.80. The fourth-order valence-electron chi connectivity index (χ4n) is 2.52. The molecule has 1 saturated heterocycles. The molecule has 0 radical (unpaired) electrons. The zero-order valence-corrected chi connectivity index (χ0v) is 12.6. The average molecular weight is 296 g/mol. The molecule has 6 heteroatoms. The third kappa shape index (κ3) is 3.02. The quantitative estimate of drug-likeness (QED) is 0.884. The first kappa shape index (κ1) is 15.0. The second-order valence-corrected chi connectivity index (χ2v) is 7.24. The Bertz CT molecular complexity index is 605. The first-order chi connectivity index (χ1) is 9.37. The first-order valence-electron chi connectivity index (χ1n) is 6.74. The highest BCUT2D eigenvalue weighted by Gasteiger charge is 2.39. The Labute approximate surface area is 119 Å². The van der Waals surface area contributed by atoms with Crippen LogP contribution in [0, 0.1) is 0 Å². The van der Waals surface area contributed by atoms with Crippen LogP contribution in [0.5, 0.6) is 0 Å². The number of rotatable bonds is 4. The fourth-order valence-corrected chi connectivity index (χ4v) is 3.18. The van der Waals surface area contributed by atoms with Crippen molar-refractivity contribution in [1.82, 2.24) is 5.32 Å². The van der Waals surface area contributed by atoms with Gasteiger partial charge in [0, 0.05) is 11.9 Å². The zero-order chi connectivity index (χ0) is 14.8. The van der Waals surface area contributed by atoms with Crippen LogP contribution in [0.4, 0.5) is 5.69 Å². The van der Waals surface area contributed by atoms with Gasteiger partial charge in [0.2, 0.25) is 5.91 Å². The van der Waals surface area contributed by atoms with Gasteiger partial charge in [-0.1, -0.05) is 13.0 Å². The maximum atomic E-state index is 12.4. The van der Waals surface area contributed by atoms with Crippen molar-refractivity contribution in [3.05, 3.63) is 24.3 Å². The highest BCUT2D eigenvalue weighted by Crippen LogP contribution is 2.25. The van der Waals surface area contributed by atoms with Crippen LogP contribution in [0.2, 0.25) is 0 Å². The number of carbonyl (C=O) groups is 1. The monoisotopic (exact) mass is 296 g/mol. The number of sulfone groups is 1. The van der Waals surface area contributed by atoms with E-state index < -0.39 is 15.4 Å². The van der Waals surface area contributed by atoms with Crippen LogP contribution in [-0.4, -0.2) is 32.7 Å². The van der Waals surface area contributed by atoms with Gasteiger partial charge in [-0.3, -0.25) is 4.79 Å². The van der Waals surface area contributed by atoms with Crippen molar-refractivity contribution >= 4 is 21.4 Å². The molecule has 1 atom stereocenters. The van der Waals surface area contributed by atoms with Gasteiger partial charge in [0.25, 0.3) is 0 Å². The minimum atomic E-state index is -3.27. The predicted octanol–water partition coefficient (Wildman–Crippen LogP) is 1.56. The smallest absolute Gasteiger partial charge is 0.244 e. The number of carbonyl (C=O) groups excluding carboxylic acids is 1. The molecule has 110 valence electrons. The third-order valence-corrected chi connectivity index (χ3v) is 4.91. The Balaban J connectivity index is 2.20. The summed E-state index contributed by atoms with van der Waals surface area (Å²) in [5.74, 6) is -0.0943. The Kier molecular flexibility index (Phi) is 4.15. The van der Waals surface area contributed by atoms with E-state index in [1.165, 1.54) is 12.1 Å². The van der Waals surface area contributed by atoms with E-state index in [4.69, 9.17) is 0 Å². The summed E-state index contributed by atoms with van der Waals surface area (Å²) in [6.45, 7) is 2.81. The lowest BCUT2D eigenvalue weighted by molar-refractivity contribution is -0.122. The van der Waals surface area contributed by atoms with Crippen molar-refractivity contribution in [3.63, 3.8) is 0 Å². The SMILES string of the molecule is CCC1(C(=O)Nc2cccc(S(C)(=O)=O)c2)CCCN1. The highest BCUT2D eigenvalue weighted by atomic mass is 32.2. The first-order valence-corrected chi connectivity index (χ1v) is 8.63. The van der Waals surface area contributed by atoms with Gasteiger partial charge in [0.15, 0.2) is 9.84 Å². The van der Waals surface area contributed by atoms with E-state index >= 15 is 0 Å². The van der Waals surface area contributed by atoms with Crippen molar-refractivity contribution < 1.29 is 13.2 Å². The molecule has 0 bridgehead atoms. The molecule has 1 aliphatic heterocycles. The molecule has 5 nitrogen and oxygen atoms in total. The summed E-state index contributed by atoms with van der Waals surface area (Å²) in [7, 11) is -3.27. The second kappa shape index (κ2) is 5.54. The largest absolute Gasteiger partial charge is 0.324 e. The number of anilines is 1. The number of nitrogens with one attached hydrogen (secondary N) is 2. The molecular weight excluding hydrogens is 276 g/mol. The molecule has 0 saturated carbocycles. The molecule has 1 aromatic carbocycles. The van der Waals surface area contributed by atoms with Gasteiger partial charge in [-0.05, 0) is 44.0 Å². The standard InChI is InChI=1S/C14H20N2O3S/c1-3-14(8-5-9-15-14)13(17)16-11-6-4-7-12(10-11)20(2,18)19/h4,6-7,10,15H,3,5,8-9H2,1-2H3,(H,16,17). The van der Waals surface area contributed by atoms with Gasteiger partial charge in [-0.2, -0.15) is 0 Å². The fraction of sp³-hybridized carbons (Fsp3) is 0.500. The van der Waals surface area contributed by atoms with Crippen molar-refractivity contribution in [2.45, 2.75) is 36.6 Å². The molecule has 1 amide bonds. The Morgan fingerprint density at radius 2 is 2.20 bits per heavy atom. The molecular formula is C14H20N2O3S.